The van der Waals surface area contributed by atoms with Gasteiger partial charge >= 0.3 is 5.97 Å². The van der Waals surface area contributed by atoms with E-state index >= 15 is 0 Å². The number of carbonyl (C=O) groups is 1. The van der Waals surface area contributed by atoms with Gasteiger partial charge in [0.1, 0.15) is 5.00 Å². The number of carbonyl (C=O) groups excluding carboxylic acids is 1. The topological polar surface area (TPSA) is 50.4 Å². The van der Waals surface area contributed by atoms with Crippen molar-refractivity contribution in [2.75, 3.05) is 17.2 Å². The Morgan fingerprint density at radius 2 is 1.87 bits per heavy atom. The van der Waals surface area contributed by atoms with E-state index in [9.17, 15) is 4.79 Å². The highest BCUT2D eigenvalue weighted by molar-refractivity contribution is 7.80. The van der Waals surface area contributed by atoms with E-state index in [4.69, 9.17) is 17.0 Å². The zero-order valence-electron chi connectivity index (χ0n) is 18.2. The smallest absolute Gasteiger partial charge is 0.341 e. The number of ether oxygens (including phenoxy) is 1. The molecule has 0 radical (unpaired) electrons. The molecule has 4 nitrogen and oxygen atoms in total. The second-order valence-electron chi connectivity index (χ2n) is 7.82. The summed E-state index contributed by atoms with van der Waals surface area (Å²) < 4.78 is 5.39. The molecule has 0 fully saturated rings. The predicted octanol–water partition coefficient (Wildman–Crippen LogP) is 6.91. The SMILES string of the molecule is CCOC(=O)c1c(NC(=S)Nc2ccccc2C(C)CC)sc2c1CCCCCC2. The third kappa shape index (κ3) is 5.41. The lowest BCUT2D eigenvalue weighted by Gasteiger charge is -2.17. The largest absolute Gasteiger partial charge is 0.462 e. The van der Waals surface area contributed by atoms with Gasteiger partial charge in [-0.05, 0) is 74.4 Å². The average Bonchev–Trinajstić information content (AvgIpc) is 3.03. The molecular formula is C24H32N2O2S2. The number of hydrogen-bond acceptors (Lipinski definition) is 4. The number of hydrogen-bond donors (Lipinski definition) is 2. The molecule has 0 saturated heterocycles. The Balaban J connectivity index is 1.86. The Hall–Kier alpha value is -1.92. The summed E-state index contributed by atoms with van der Waals surface area (Å²) in [5.41, 5.74) is 4.09. The molecule has 1 aliphatic carbocycles. The van der Waals surface area contributed by atoms with E-state index in [1.165, 1.54) is 29.7 Å². The van der Waals surface area contributed by atoms with Gasteiger partial charge in [-0.3, -0.25) is 0 Å². The first-order chi connectivity index (χ1) is 14.5. The molecule has 0 amide bonds. The van der Waals surface area contributed by atoms with Crippen LogP contribution in [0.3, 0.4) is 0 Å². The number of rotatable bonds is 6. The van der Waals surface area contributed by atoms with E-state index in [-0.39, 0.29) is 5.97 Å². The number of thiocarbonyl (C=S) groups is 1. The molecular weight excluding hydrogens is 412 g/mol. The standard InChI is InChI=1S/C24H32N2O2S2/c1-4-16(3)17-12-10-11-14-19(17)25-24(29)26-22-21(23(27)28-5-2)18-13-8-6-7-9-15-20(18)30-22/h10-12,14,16H,4-9,13,15H2,1-3H3,(H2,25,26,29). The molecule has 1 aromatic carbocycles. The Morgan fingerprint density at radius 3 is 2.60 bits per heavy atom. The molecule has 0 bridgehead atoms. The van der Waals surface area contributed by atoms with Crippen LogP contribution in [0.25, 0.3) is 0 Å². The third-order valence-corrected chi connectivity index (χ3v) is 7.14. The molecule has 1 aliphatic rings. The Kier molecular flexibility index (Phi) is 8.28. The summed E-state index contributed by atoms with van der Waals surface area (Å²) in [5, 5.41) is 7.98. The van der Waals surface area contributed by atoms with Gasteiger partial charge in [0.25, 0.3) is 0 Å². The van der Waals surface area contributed by atoms with E-state index in [0.29, 0.717) is 23.2 Å². The summed E-state index contributed by atoms with van der Waals surface area (Å²) in [7, 11) is 0. The zero-order chi connectivity index (χ0) is 21.5. The average molecular weight is 445 g/mol. The predicted molar refractivity (Wildman–Crippen MR) is 131 cm³/mol. The maximum atomic E-state index is 12.8. The van der Waals surface area contributed by atoms with E-state index in [0.717, 1.165) is 41.9 Å². The van der Waals surface area contributed by atoms with E-state index in [1.807, 2.05) is 13.0 Å². The van der Waals surface area contributed by atoms with Crippen molar-refractivity contribution in [1.82, 2.24) is 0 Å². The first kappa shape index (κ1) is 22.8. The van der Waals surface area contributed by atoms with Crippen molar-refractivity contribution in [1.29, 1.82) is 0 Å². The van der Waals surface area contributed by atoms with E-state index in [2.05, 4.69) is 42.7 Å². The molecule has 2 aromatic rings. The van der Waals surface area contributed by atoms with Crippen molar-refractivity contribution in [2.45, 2.75) is 71.6 Å². The van der Waals surface area contributed by atoms with Crippen molar-refractivity contribution < 1.29 is 9.53 Å². The normalized spacial score (nSPS) is 14.8. The summed E-state index contributed by atoms with van der Waals surface area (Å²) in [5.74, 6) is 0.189. The number of thiophene rings is 1. The maximum Gasteiger partial charge on any atom is 0.341 e. The Morgan fingerprint density at radius 1 is 1.13 bits per heavy atom. The van der Waals surface area contributed by atoms with Gasteiger partial charge in [0.05, 0.1) is 12.2 Å². The first-order valence-corrected chi connectivity index (χ1v) is 12.3. The van der Waals surface area contributed by atoms with Crippen LogP contribution in [0.15, 0.2) is 24.3 Å². The van der Waals surface area contributed by atoms with Gasteiger partial charge in [-0.25, -0.2) is 4.79 Å². The number of esters is 1. The number of benzene rings is 1. The lowest BCUT2D eigenvalue weighted by Crippen LogP contribution is -2.21. The number of para-hydroxylation sites is 1. The molecule has 6 heteroatoms. The van der Waals surface area contributed by atoms with Gasteiger partial charge in [0.2, 0.25) is 0 Å². The molecule has 30 heavy (non-hydrogen) atoms. The van der Waals surface area contributed by atoms with Crippen molar-refractivity contribution in [3.05, 3.63) is 45.8 Å². The molecule has 1 heterocycles. The molecule has 0 spiro atoms. The molecule has 1 atom stereocenters. The van der Waals surface area contributed by atoms with E-state index < -0.39 is 0 Å². The van der Waals surface area contributed by atoms with Crippen molar-refractivity contribution in [3.8, 4) is 0 Å². The van der Waals surface area contributed by atoms with Crippen molar-refractivity contribution in [3.63, 3.8) is 0 Å². The fraction of sp³-hybridized carbons (Fsp3) is 0.500. The number of nitrogens with one attached hydrogen (secondary N) is 2. The van der Waals surface area contributed by atoms with Crippen LogP contribution in [0.5, 0.6) is 0 Å². The Bertz CT molecular complexity index is 891. The summed E-state index contributed by atoms with van der Waals surface area (Å²) in [6.45, 7) is 6.62. The van der Waals surface area contributed by atoms with Crippen molar-refractivity contribution in [2.24, 2.45) is 0 Å². The minimum atomic E-state index is -0.249. The summed E-state index contributed by atoms with van der Waals surface area (Å²) in [6, 6.07) is 8.26. The lowest BCUT2D eigenvalue weighted by molar-refractivity contribution is 0.0526. The highest BCUT2D eigenvalue weighted by Crippen LogP contribution is 2.38. The third-order valence-electron chi connectivity index (χ3n) is 5.73. The van der Waals surface area contributed by atoms with Gasteiger partial charge in [-0.1, -0.05) is 44.9 Å². The van der Waals surface area contributed by atoms with Crippen LogP contribution in [0.2, 0.25) is 0 Å². The van der Waals surface area contributed by atoms with Gasteiger partial charge in [0, 0.05) is 10.6 Å². The highest BCUT2D eigenvalue weighted by atomic mass is 32.1. The number of fused-ring (bicyclic) bond motifs is 1. The molecule has 1 unspecified atom stereocenters. The zero-order valence-corrected chi connectivity index (χ0v) is 19.8. The van der Waals surface area contributed by atoms with Crippen LogP contribution >= 0.6 is 23.6 Å². The second-order valence-corrected chi connectivity index (χ2v) is 9.33. The monoisotopic (exact) mass is 444 g/mol. The van der Waals surface area contributed by atoms with Gasteiger partial charge in [-0.2, -0.15) is 0 Å². The minimum Gasteiger partial charge on any atom is -0.462 e. The lowest BCUT2D eigenvalue weighted by atomic mass is 9.96. The Labute approximate surface area is 189 Å². The summed E-state index contributed by atoms with van der Waals surface area (Å²) in [6.07, 6.45) is 7.75. The molecule has 3 rings (SSSR count). The van der Waals surface area contributed by atoms with Crippen LogP contribution in [-0.4, -0.2) is 17.7 Å². The first-order valence-electron chi connectivity index (χ1n) is 11.0. The highest BCUT2D eigenvalue weighted by Gasteiger charge is 2.26. The number of anilines is 2. The van der Waals surface area contributed by atoms with Gasteiger partial charge in [0.15, 0.2) is 5.11 Å². The van der Waals surface area contributed by atoms with Crippen LogP contribution < -0.4 is 10.6 Å². The molecule has 2 N–H and O–H groups in total. The minimum absolute atomic E-state index is 0.249. The molecule has 0 saturated carbocycles. The molecule has 1 aromatic heterocycles. The van der Waals surface area contributed by atoms with Gasteiger partial charge in [-0.15, -0.1) is 11.3 Å². The van der Waals surface area contributed by atoms with Crippen LogP contribution in [-0.2, 0) is 17.6 Å². The van der Waals surface area contributed by atoms with Crippen LogP contribution in [0, 0.1) is 0 Å². The van der Waals surface area contributed by atoms with Crippen LogP contribution in [0.4, 0.5) is 10.7 Å². The van der Waals surface area contributed by atoms with Gasteiger partial charge < -0.3 is 15.4 Å². The van der Waals surface area contributed by atoms with Crippen molar-refractivity contribution >= 4 is 45.3 Å². The van der Waals surface area contributed by atoms with Crippen LogP contribution in [0.1, 0.15) is 85.2 Å². The molecule has 162 valence electrons. The quantitative estimate of drug-likeness (QED) is 0.375. The second kappa shape index (κ2) is 10.9. The van der Waals surface area contributed by atoms with E-state index in [1.54, 1.807) is 11.3 Å². The fourth-order valence-electron chi connectivity index (χ4n) is 3.94. The fourth-order valence-corrected chi connectivity index (χ4v) is 5.50. The maximum absolute atomic E-state index is 12.8. The summed E-state index contributed by atoms with van der Waals surface area (Å²) >= 11 is 7.29. The molecule has 0 aliphatic heterocycles. The summed E-state index contributed by atoms with van der Waals surface area (Å²) in [4.78, 5) is 14.1. The number of aryl methyl sites for hydroxylation is 1.